The molecule has 0 bridgehead atoms. The standard InChI is InChI=1S/C21H24N4O/c1-21(2,3)18-7-5-17(6-8-18)20(26)25-12-10-24(11-13-25)19-9-4-16(14-22)15-23-19/h4-9,15H,10-13H2,1-3H3. The van der Waals surface area contributed by atoms with Crippen molar-refractivity contribution < 1.29 is 4.79 Å². The molecule has 0 radical (unpaired) electrons. The van der Waals surface area contributed by atoms with E-state index in [9.17, 15) is 4.79 Å². The second-order valence-electron chi connectivity index (χ2n) is 7.62. The molecule has 1 aromatic carbocycles. The summed E-state index contributed by atoms with van der Waals surface area (Å²) in [7, 11) is 0. The molecule has 1 amide bonds. The zero-order valence-corrected chi connectivity index (χ0v) is 15.6. The molecule has 134 valence electrons. The molecule has 0 aliphatic carbocycles. The lowest BCUT2D eigenvalue weighted by molar-refractivity contribution is 0.0746. The third kappa shape index (κ3) is 3.85. The second kappa shape index (κ2) is 7.17. The first kappa shape index (κ1) is 17.9. The van der Waals surface area contributed by atoms with E-state index in [1.165, 1.54) is 5.56 Å². The highest BCUT2D eigenvalue weighted by molar-refractivity contribution is 5.94. The molecule has 0 spiro atoms. The van der Waals surface area contributed by atoms with Gasteiger partial charge in [-0.3, -0.25) is 4.79 Å². The first-order valence-electron chi connectivity index (χ1n) is 8.89. The summed E-state index contributed by atoms with van der Waals surface area (Å²) in [4.78, 5) is 21.1. The van der Waals surface area contributed by atoms with Crippen molar-refractivity contribution >= 4 is 11.7 Å². The van der Waals surface area contributed by atoms with Gasteiger partial charge in [-0.15, -0.1) is 0 Å². The first-order valence-corrected chi connectivity index (χ1v) is 8.89. The van der Waals surface area contributed by atoms with E-state index in [0.717, 1.165) is 24.5 Å². The fraction of sp³-hybridized carbons (Fsp3) is 0.381. The lowest BCUT2D eigenvalue weighted by Crippen LogP contribution is -2.49. The Bertz CT molecular complexity index is 805. The average Bonchev–Trinajstić information content (AvgIpc) is 2.67. The number of pyridine rings is 1. The van der Waals surface area contributed by atoms with Crippen molar-refractivity contribution in [1.29, 1.82) is 5.26 Å². The van der Waals surface area contributed by atoms with Gasteiger partial charge in [0.05, 0.1) is 5.56 Å². The fourth-order valence-corrected chi connectivity index (χ4v) is 3.07. The van der Waals surface area contributed by atoms with Gasteiger partial charge in [-0.25, -0.2) is 4.98 Å². The molecular formula is C21H24N4O. The van der Waals surface area contributed by atoms with E-state index < -0.39 is 0 Å². The molecule has 0 atom stereocenters. The van der Waals surface area contributed by atoms with Gasteiger partial charge >= 0.3 is 0 Å². The van der Waals surface area contributed by atoms with Gasteiger partial charge in [0.25, 0.3) is 5.91 Å². The minimum absolute atomic E-state index is 0.0814. The van der Waals surface area contributed by atoms with E-state index in [4.69, 9.17) is 5.26 Å². The van der Waals surface area contributed by atoms with E-state index in [2.05, 4.69) is 36.7 Å². The Morgan fingerprint density at radius 3 is 2.19 bits per heavy atom. The summed E-state index contributed by atoms with van der Waals surface area (Å²) >= 11 is 0. The van der Waals surface area contributed by atoms with Crippen LogP contribution in [0.2, 0.25) is 0 Å². The van der Waals surface area contributed by atoms with Crippen LogP contribution < -0.4 is 4.90 Å². The maximum Gasteiger partial charge on any atom is 0.253 e. The lowest BCUT2D eigenvalue weighted by atomic mass is 9.86. The Morgan fingerprint density at radius 1 is 1.04 bits per heavy atom. The number of hydrogen-bond donors (Lipinski definition) is 0. The summed E-state index contributed by atoms with van der Waals surface area (Å²) < 4.78 is 0. The highest BCUT2D eigenvalue weighted by atomic mass is 16.2. The first-order chi connectivity index (χ1) is 12.4. The number of piperazine rings is 1. The Morgan fingerprint density at radius 2 is 1.69 bits per heavy atom. The number of anilines is 1. The number of carbonyl (C=O) groups excluding carboxylic acids is 1. The molecule has 1 aromatic heterocycles. The largest absolute Gasteiger partial charge is 0.353 e. The summed E-state index contributed by atoms with van der Waals surface area (Å²) in [5.41, 5.74) is 2.61. The van der Waals surface area contributed by atoms with Crippen LogP contribution in [0.15, 0.2) is 42.6 Å². The molecular weight excluding hydrogens is 324 g/mol. The highest BCUT2D eigenvalue weighted by Crippen LogP contribution is 2.23. The minimum atomic E-state index is 0.0814. The van der Waals surface area contributed by atoms with Crippen LogP contribution in [-0.4, -0.2) is 42.0 Å². The molecule has 0 N–H and O–H groups in total. The highest BCUT2D eigenvalue weighted by Gasteiger charge is 2.23. The van der Waals surface area contributed by atoms with Gasteiger partial charge in [-0.2, -0.15) is 5.26 Å². The minimum Gasteiger partial charge on any atom is -0.353 e. The summed E-state index contributed by atoms with van der Waals surface area (Å²) in [5, 5.41) is 8.86. The number of nitrogens with zero attached hydrogens (tertiary/aromatic N) is 4. The number of rotatable bonds is 2. The topological polar surface area (TPSA) is 60.2 Å². The van der Waals surface area contributed by atoms with Gasteiger partial charge in [0.15, 0.2) is 0 Å². The van der Waals surface area contributed by atoms with Gasteiger partial charge in [-0.1, -0.05) is 32.9 Å². The zero-order valence-electron chi connectivity index (χ0n) is 15.6. The van der Waals surface area contributed by atoms with Gasteiger partial charge in [0.1, 0.15) is 11.9 Å². The van der Waals surface area contributed by atoms with Crippen LogP contribution in [0.4, 0.5) is 5.82 Å². The molecule has 0 saturated carbocycles. The van der Waals surface area contributed by atoms with E-state index in [-0.39, 0.29) is 11.3 Å². The fourth-order valence-electron chi connectivity index (χ4n) is 3.07. The van der Waals surface area contributed by atoms with Crippen LogP contribution in [-0.2, 0) is 5.41 Å². The zero-order chi connectivity index (χ0) is 18.7. The molecule has 1 saturated heterocycles. The van der Waals surface area contributed by atoms with Crippen LogP contribution in [0, 0.1) is 11.3 Å². The predicted molar refractivity (Wildman–Crippen MR) is 102 cm³/mol. The monoisotopic (exact) mass is 348 g/mol. The molecule has 5 heteroatoms. The van der Waals surface area contributed by atoms with E-state index in [1.807, 2.05) is 35.2 Å². The summed E-state index contributed by atoms with van der Waals surface area (Å²) in [6.07, 6.45) is 1.59. The van der Waals surface area contributed by atoms with Gasteiger partial charge in [-0.05, 0) is 35.2 Å². The van der Waals surface area contributed by atoms with E-state index in [0.29, 0.717) is 18.7 Å². The molecule has 1 aliphatic heterocycles. The normalized spacial score (nSPS) is 14.8. The molecule has 26 heavy (non-hydrogen) atoms. The third-order valence-electron chi connectivity index (χ3n) is 4.77. The average molecular weight is 348 g/mol. The van der Waals surface area contributed by atoms with Crippen molar-refractivity contribution in [3.63, 3.8) is 0 Å². The summed E-state index contributed by atoms with van der Waals surface area (Å²) in [6, 6.07) is 13.7. The molecule has 1 aliphatic rings. The predicted octanol–water partition coefficient (Wildman–Crippen LogP) is 3.21. The Hall–Kier alpha value is -2.87. The van der Waals surface area contributed by atoms with Crippen molar-refractivity contribution in [3.8, 4) is 6.07 Å². The maximum absolute atomic E-state index is 12.7. The summed E-state index contributed by atoms with van der Waals surface area (Å²) in [5.74, 6) is 0.934. The number of hydrogen-bond acceptors (Lipinski definition) is 4. The quantitative estimate of drug-likeness (QED) is 0.836. The molecule has 2 aromatic rings. The van der Waals surface area contributed by atoms with Crippen molar-refractivity contribution in [2.45, 2.75) is 26.2 Å². The molecule has 0 unspecified atom stereocenters. The van der Waals surface area contributed by atoms with Crippen molar-refractivity contribution in [3.05, 3.63) is 59.3 Å². The van der Waals surface area contributed by atoms with Crippen molar-refractivity contribution in [2.24, 2.45) is 0 Å². The smallest absolute Gasteiger partial charge is 0.253 e. The lowest BCUT2D eigenvalue weighted by Gasteiger charge is -2.35. The molecule has 1 fully saturated rings. The number of aromatic nitrogens is 1. The van der Waals surface area contributed by atoms with E-state index >= 15 is 0 Å². The van der Waals surface area contributed by atoms with Gasteiger partial charge in [0, 0.05) is 37.9 Å². The molecule has 3 rings (SSSR count). The van der Waals surface area contributed by atoms with Crippen LogP contribution >= 0.6 is 0 Å². The molecule has 5 nitrogen and oxygen atoms in total. The van der Waals surface area contributed by atoms with Gasteiger partial charge < -0.3 is 9.80 Å². The Labute approximate surface area is 154 Å². The Balaban J connectivity index is 1.62. The maximum atomic E-state index is 12.7. The van der Waals surface area contributed by atoms with Gasteiger partial charge in [0.2, 0.25) is 0 Å². The Kier molecular flexibility index (Phi) is 4.94. The number of carbonyl (C=O) groups is 1. The molecule has 2 heterocycles. The number of benzene rings is 1. The second-order valence-corrected chi connectivity index (χ2v) is 7.62. The number of nitriles is 1. The van der Waals surface area contributed by atoms with Crippen LogP contribution in [0.5, 0.6) is 0 Å². The third-order valence-corrected chi connectivity index (χ3v) is 4.77. The van der Waals surface area contributed by atoms with Crippen LogP contribution in [0.3, 0.4) is 0 Å². The van der Waals surface area contributed by atoms with Crippen LogP contribution in [0.25, 0.3) is 0 Å². The van der Waals surface area contributed by atoms with E-state index in [1.54, 1.807) is 12.3 Å². The summed E-state index contributed by atoms with van der Waals surface area (Å²) in [6.45, 7) is 9.32. The SMILES string of the molecule is CC(C)(C)c1ccc(C(=O)N2CCN(c3ccc(C#N)cn3)CC2)cc1. The van der Waals surface area contributed by atoms with Crippen molar-refractivity contribution in [2.75, 3.05) is 31.1 Å². The number of amides is 1. The van der Waals surface area contributed by atoms with Crippen LogP contribution in [0.1, 0.15) is 42.3 Å². The van der Waals surface area contributed by atoms with Crippen molar-refractivity contribution in [1.82, 2.24) is 9.88 Å².